The largest absolute Gasteiger partial charge is 0.508 e. The summed E-state index contributed by atoms with van der Waals surface area (Å²) in [7, 11) is -4.61. The maximum Gasteiger partial charge on any atom is 0.446 e. The highest BCUT2D eigenvalue weighted by Crippen LogP contribution is 2.24. The van der Waals surface area contributed by atoms with E-state index >= 15 is 0 Å². The Bertz CT molecular complexity index is 934. The highest BCUT2D eigenvalue weighted by molar-refractivity contribution is 7.81. The van der Waals surface area contributed by atoms with Crippen molar-refractivity contribution in [1.82, 2.24) is 0 Å². The molecule has 1 aromatic carbocycles. The molecule has 1 aromatic rings. The number of aliphatic hydroxyl groups excluding tert-OH is 1. The fourth-order valence-electron chi connectivity index (χ4n) is 5.44. The van der Waals surface area contributed by atoms with E-state index in [9.17, 15) is 23.4 Å². The van der Waals surface area contributed by atoms with Crippen LogP contribution < -0.4 is 4.18 Å². The van der Waals surface area contributed by atoms with Gasteiger partial charge in [-0.15, -0.1) is 0 Å². The molecule has 0 bridgehead atoms. The average Bonchev–Trinajstić information content (AvgIpc) is 2.90. The van der Waals surface area contributed by atoms with Gasteiger partial charge in [-0.25, -0.2) is 0 Å². The summed E-state index contributed by atoms with van der Waals surface area (Å²) in [4.78, 5) is 11.5. The van der Waals surface area contributed by atoms with Gasteiger partial charge in [0, 0.05) is 13.0 Å². The molecule has 0 fully saturated rings. The first-order valence-corrected chi connectivity index (χ1v) is 17.8. The minimum atomic E-state index is -4.61. The zero-order valence-corrected chi connectivity index (χ0v) is 27.1. The van der Waals surface area contributed by atoms with Crippen molar-refractivity contribution in [3.63, 3.8) is 0 Å². The number of unbranched alkanes of at least 4 members (excludes halogenated alkanes) is 17. The number of ether oxygens (including phenoxy) is 1. The number of hydrogen-bond donors (Lipinski definition) is 3. The zero-order chi connectivity index (χ0) is 31.1. The fraction of sp³-hybridized carbons (Fsp3) is 0.788. The van der Waals surface area contributed by atoms with Crippen LogP contribution in [0.5, 0.6) is 11.5 Å². The monoisotopic (exact) mass is 614 g/mol. The lowest BCUT2D eigenvalue weighted by atomic mass is 9.99. The number of phenols is 1. The summed E-state index contributed by atoms with van der Waals surface area (Å²) in [5, 5.41) is 20.3. The molecule has 8 nitrogen and oxygen atoms in total. The van der Waals surface area contributed by atoms with Crippen LogP contribution in [0.3, 0.4) is 0 Å². The molecule has 3 N–H and O–H groups in total. The van der Waals surface area contributed by atoms with Gasteiger partial charge in [0.05, 0.1) is 6.10 Å². The number of hydrogen-bond acceptors (Lipinski definition) is 7. The lowest BCUT2D eigenvalue weighted by Crippen LogP contribution is -2.30. The van der Waals surface area contributed by atoms with Gasteiger partial charge in [0.15, 0.2) is 0 Å². The van der Waals surface area contributed by atoms with E-state index in [0.29, 0.717) is 12.8 Å². The first-order chi connectivity index (χ1) is 20.1. The molecular weight excluding hydrogens is 556 g/mol. The number of benzene rings is 1. The predicted molar refractivity (Wildman–Crippen MR) is 168 cm³/mol. The van der Waals surface area contributed by atoms with Crippen molar-refractivity contribution < 1.29 is 36.9 Å². The minimum absolute atomic E-state index is 0.0886. The van der Waals surface area contributed by atoms with Crippen molar-refractivity contribution in [3.05, 3.63) is 23.8 Å². The molecule has 0 unspecified atom stereocenters. The Hall–Kier alpha value is -1.84. The molecule has 2 atom stereocenters. The molecule has 0 radical (unpaired) electrons. The summed E-state index contributed by atoms with van der Waals surface area (Å²) in [6.45, 7) is 3.63. The molecule has 0 aromatic heterocycles. The van der Waals surface area contributed by atoms with Gasteiger partial charge in [0.2, 0.25) is 0 Å². The summed E-state index contributed by atoms with van der Waals surface area (Å²) in [5.41, 5.74) is 0.777. The maximum atomic E-state index is 11.5. The van der Waals surface area contributed by atoms with E-state index in [1.165, 1.54) is 90.0 Å². The van der Waals surface area contributed by atoms with Gasteiger partial charge in [-0.1, -0.05) is 116 Å². The minimum Gasteiger partial charge on any atom is -0.508 e. The smallest absolute Gasteiger partial charge is 0.446 e. The summed E-state index contributed by atoms with van der Waals surface area (Å²) in [6.07, 6.45) is 23.5. The second-order valence-corrected chi connectivity index (χ2v) is 12.8. The van der Waals surface area contributed by atoms with Crippen molar-refractivity contribution in [2.75, 3.05) is 0 Å². The molecule has 0 aliphatic carbocycles. The van der Waals surface area contributed by atoms with Gasteiger partial charge in [-0.3, -0.25) is 9.35 Å². The number of carbonyl (C=O) groups is 1. The molecule has 0 saturated carbocycles. The molecule has 0 heterocycles. The van der Waals surface area contributed by atoms with Crippen LogP contribution in [0.25, 0.3) is 0 Å². The van der Waals surface area contributed by atoms with Crippen LogP contribution in [-0.2, 0) is 26.4 Å². The lowest BCUT2D eigenvalue weighted by molar-refractivity contribution is -0.153. The Kier molecular flexibility index (Phi) is 21.5. The van der Waals surface area contributed by atoms with Crippen LogP contribution in [0.2, 0.25) is 0 Å². The Labute approximate surface area is 255 Å². The first-order valence-electron chi connectivity index (χ1n) is 16.5. The number of carbonyl (C=O) groups excluding carboxylic acids is 1. The van der Waals surface area contributed by atoms with E-state index in [0.717, 1.165) is 63.0 Å². The topological polar surface area (TPSA) is 130 Å². The van der Waals surface area contributed by atoms with Gasteiger partial charge in [-0.2, -0.15) is 8.42 Å². The van der Waals surface area contributed by atoms with Crippen molar-refractivity contribution in [2.45, 2.75) is 167 Å². The van der Waals surface area contributed by atoms with E-state index < -0.39 is 16.5 Å². The Morgan fingerprint density at radius 1 is 0.738 bits per heavy atom. The highest BCUT2D eigenvalue weighted by Gasteiger charge is 2.21. The molecule has 244 valence electrons. The third-order valence-electron chi connectivity index (χ3n) is 7.71. The molecule has 0 saturated heterocycles. The Balaban J connectivity index is 2.01. The van der Waals surface area contributed by atoms with E-state index in [2.05, 4.69) is 11.1 Å². The summed E-state index contributed by atoms with van der Waals surface area (Å²) >= 11 is 0. The maximum absolute atomic E-state index is 11.5. The molecule has 0 aliphatic rings. The number of aliphatic hydroxyl groups is 1. The van der Waals surface area contributed by atoms with Crippen molar-refractivity contribution >= 4 is 16.4 Å². The summed E-state index contributed by atoms with van der Waals surface area (Å²) in [6, 6.07) is 4.26. The normalized spacial score (nSPS) is 13.1. The second-order valence-electron chi connectivity index (χ2n) is 11.8. The van der Waals surface area contributed by atoms with E-state index in [1.807, 2.05) is 0 Å². The quantitative estimate of drug-likeness (QED) is 0.0510. The number of rotatable bonds is 27. The molecular formula is C33H58O8S. The van der Waals surface area contributed by atoms with E-state index in [4.69, 9.17) is 9.29 Å². The molecule has 1 rings (SSSR count). The third-order valence-corrected chi connectivity index (χ3v) is 8.11. The van der Waals surface area contributed by atoms with Crippen LogP contribution in [0.1, 0.15) is 154 Å². The predicted octanol–water partition coefficient (Wildman–Crippen LogP) is 8.62. The van der Waals surface area contributed by atoms with Gasteiger partial charge in [0.1, 0.15) is 17.6 Å². The molecule has 0 spiro atoms. The number of aryl methyl sites for hydroxylation is 1. The van der Waals surface area contributed by atoms with Gasteiger partial charge in [0.25, 0.3) is 0 Å². The third kappa shape index (κ3) is 21.8. The molecule has 0 aliphatic heterocycles. The number of aromatic hydroxyl groups is 1. The van der Waals surface area contributed by atoms with Crippen molar-refractivity contribution in [2.24, 2.45) is 0 Å². The van der Waals surface area contributed by atoms with Gasteiger partial charge >= 0.3 is 16.4 Å². The van der Waals surface area contributed by atoms with Crippen LogP contribution in [0.4, 0.5) is 0 Å². The van der Waals surface area contributed by atoms with Gasteiger partial charge in [-0.05, 0) is 49.8 Å². The van der Waals surface area contributed by atoms with E-state index in [-0.39, 0.29) is 23.6 Å². The number of esters is 1. The van der Waals surface area contributed by atoms with Gasteiger partial charge < -0.3 is 19.1 Å². The van der Waals surface area contributed by atoms with Crippen LogP contribution in [-0.4, -0.2) is 41.4 Å². The van der Waals surface area contributed by atoms with Crippen LogP contribution >= 0.6 is 0 Å². The highest BCUT2D eigenvalue weighted by atomic mass is 32.3. The van der Waals surface area contributed by atoms with Crippen molar-refractivity contribution in [3.8, 4) is 11.5 Å². The van der Waals surface area contributed by atoms with Crippen molar-refractivity contribution in [1.29, 1.82) is 0 Å². The van der Waals surface area contributed by atoms with E-state index in [1.54, 1.807) is 6.07 Å². The standard InChI is InChI=1S/C33H58O8S/c1-3-4-5-6-17-20-23-32(36)33(40-28(2)34)24-21-18-15-13-11-9-7-8-10-12-14-16-19-22-29-25-30(35)27-31(26-29)41-42(37,38)39/h25-27,32-33,35-36H,3-24H2,1-2H3,(H,37,38,39)/t32-,33+/m1/s1. The number of phenolic OH excluding ortho intramolecular Hbond substituents is 1. The zero-order valence-electron chi connectivity index (χ0n) is 26.2. The van der Waals surface area contributed by atoms with Crippen LogP contribution in [0, 0.1) is 0 Å². The molecule has 9 heteroatoms. The fourth-order valence-corrected chi connectivity index (χ4v) is 5.78. The molecule has 42 heavy (non-hydrogen) atoms. The average molecular weight is 615 g/mol. The Morgan fingerprint density at radius 2 is 1.21 bits per heavy atom. The SMILES string of the molecule is CCCCCCCC[C@@H](O)[C@H](CCCCCCCCCCCCCCCc1cc(O)cc(OS(=O)(=O)O)c1)OC(C)=O. The summed E-state index contributed by atoms with van der Waals surface area (Å²) in [5.74, 6) is -0.484. The summed E-state index contributed by atoms with van der Waals surface area (Å²) < 4.78 is 40.4. The molecule has 0 amide bonds. The van der Waals surface area contributed by atoms with Crippen LogP contribution in [0.15, 0.2) is 18.2 Å². The second kappa shape index (κ2) is 23.6. The first kappa shape index (κ1) is 38.2. The lowest BCUT2D eigenvalue weighted by Gasteiger charge is -2.22. The Morgan fingerprint density at radius 3 is 1.71 bits per heavy atom.